The van der Waals surface area contributed by atoms with Crippen LogP contribution in [-0.2, 0) is 0 Å². The minimum Gasteiger partial charge on any atom is -0.508 e. The molecule has 4 rings (SSSR count). The molecular weight excluding hydrogens is 531 g/mol. The van der Waals surface area contributed by atoms with E-state index in [4.69, 9.17) is 32.7 Å². The van der Waals surface area contributed by atoms with Crippen molar-refractivity contribution in [2.45, 2.75) is 0 Å². The lowest BCUT2D eigenvalue weighted by Crippen LogP contribution is -2.17. The van der Waals surface area contributed by atoms with Gasteiger partial charge in [0.25, 0.3) is 5.91 Å². The van der Waals surface area contributed by atoms with Crippen molar-refractivity contribution in [3.8, 4) is 17.2 Å². The van der Waals surface area contributed by atoms with Crippen LogP contribution in [0.5, 0.6) is 17.2 Å². The average Bonchev–Trinajstić information content (AvgIpc) is 2.91. The fraction of sp³-hybridized carbons (Fsp3) is 0. The van der Waals surface area contributed by atoms with Crippen LogP contribution in [-0.4, -0.2) is 29.2 Å². The molecular formula is C28H18Cl2N2O6. The molecule has 0 aliphatic rings. The Balaban J connectivity index is 1.56. The SMILES string of the molecule is O=C(NN=Cc1ccc(OC(=O)c2ccc(Cl)cc2)cc1OC(=O)c1ccc(Cl)cc1)c1ccc(O)cc1. The lowest BCUT2D eigenvalue weighted by molar-refractivity contribution is 0.0732. The van der Waals surface area contributed by atoms with E-state index < -0.39 is 17.8 Å². The fourth-order valence-electron chi connectivity index (χ4n) is 3.11. The van der Waals surface area contributed by atoms with Crippen molar-refractivity contribution >= 4 is 47.3 Å². The molecule has 0 heterocycles. The third kappa shape index (κ3) is 6.97. The van der Waals surface area contributed by atoms with Crippen molar-refractivity contribution < 1.29 is 29.0 Å². The number of rotatable bonds is 7. The van der Waals surface area contributed by atoms with Crippen LogP contribution in [0.25, 0.3) is 0 Å². The van der Waals surface area contributed by atoms with Gasteiger partial charge in [0.2, 0.25) is 0 Å². The maximum absolute atomic E-state index is 12.7. The van der Waals surface area contributed by atoms with Gasteiger partial charge in [0.1, 0.15) is 17.2 Å². The summed E-state index contributed by atoms with van der Waals surface area (Å²) in [6, 6.07) is 22.2. The normalized spacial score (nSPS) is 10.7. The van der Waals surface area contributed by atoms with Gasteiger partial charge >= 0.3 is 11.9 Å². The highest BCUT2D eigenvalue weighted by molar-refractivity contribution is 6.31. The summed E-state index contributed by atoms with van der Waals surface area (Å²) in [5.41, 5.74) is 3.45. The Labute approximate surface area is 227 Å². The van der Waals surface area contributed by atoms with Crippen LogP contribution in [0.2, 0.25) is 10.0 Å². The number of hydrogen-bond donors (Lipinski definition) is 2. The van der Waals surface area contributed by atoms with Crippen molar-refractivity contribution in [1.82, 2.24) is 5.43 Å². The number of carbonyl (C=O) groups excluding carboxylic acids is 3. The second-order valence-electron chi connectivity index (χ2n) is 7.74. The maximum atomic E-state index is 12.7. The average molecular weight is 549 g/mol. The van der Waals surface area contributed by atoms with Gasteiger partial charge in [-0.1, -0.05) is 23.2 Å². The van der Waals surface area contributed by atoms with Gasteiger partial charge in [0.15, 0.2) is 0 Å². The molecule has 0 bridgehead atoms. The first-order valence-corrected chi connectivity index (χ1v) is 11.8. The second kappa shape index (κ2) is 12.1. The van der Waals surface area contributed by atoms with Crippen LogP contribution in [0.1, 0.15) is 36.6 Å². The number of phenols is 1. The van der Waals surface area contributed by atoms with E-state index in [9.17, 15) is 19.5 Å². The van der Waals surface area contributed by atoms with Gasteiger partial charge in [-0.05, 0) is 84.9 Å². The molecule has 38 heavy (non-hydrogen) atoms. The fourth-order valence-corrected chi connectivity index (χ4v) is 3.36. The summed E-state index contributed by atoms with van der Waals surface area (Å²) in [4.78, 5) is 37.5. The van der Waals surface area contributed by atoms with Gasteiger partial charge < -0.3 is 14.6 Å². The number of nitrogens with zero attached hydrogens (tertiary/aromatic N) is 1. The molecule has 10 heteroatoms. The number of carbonyl (C=O) groups is 3. The first-order chi connectivity index (χ1) is 18.3. The molecule has 1 amide bonds. The number of esters is 2. The van der Waals surface area contributed by atoms with E-state index in [0.29, 0.717) is 15.6 Å². The minimum absolute atomic E-state index is 0.0222. The van der Waals surface area contributed by atoms with Crippen LogP contribution in [0.15, 0.2) is 96.1 Å². The van der Waals surface area contributed by atoms with Crippen LogP contribution >= 0.6 is 23.2 Å². The molecule has 0 aromatic heterocycles. The zero-order valence-corrected chi connectivity index (χ0v) is 20.9. The van der Waals surface area contributed by atoms with Crippen LogP contribution in [0.3, 0.4) is 0 Å². The first-order valence-electron chi connectivity index (χ1n) is 11.0. The molecule has 8 nitrogen and oxygen atoms in total. The Morgan fingerprint density at radius 2 is 1.24 bits per heavy atom. The Hall–Kier alpha value is -4.66. The predicted octanol–water partition coefficient (Wildman–Crippen LogP) is 5.90. The van der Waals surface area contributed by atoms with Gasteiger partial charge in [0.05, 0.1) is 17.3 Å². The number of hydrazone groups is 1. The smallest absolute Gasteiger partial charge is 0.343 e. The van der Waals surface area contributed by atoms with Crippen molar-refractivity contribution in [3.63, 3.8) is 0 Å². The lowest BCUT2D eigenvalue weighted by atomic mass is 10.2. The van der Waals surface area contributed by atoms with Gasteiger partial charge in [-0.3, -0.25) is 4.79 Å². The summed E-state index contributed by atoms with van der Waals surface area (Å²) in [5, 5.41) is 14.2. The van der Waals surface area contributed by atoms with E-state index in [2.05, 4.69) is 10.5 Å². The summed E-state index contributed by atoms with van der Waals surface area (Å²) in [6.45, 7) is 0. The maximum Gasteiger partial charge on any atom is 0.343 e. The lowest BCUT2D eigenvalue weighted by Gasteiger charge is -2.11. The Morgan fingerprint density at radius 1 is 0.711 bits per heavy atom. The molecule has 0 atom stereocenters. The molecule has 0 radical (unpaired) electrons. The summed E-state index contributed by atoms with van der Waals surface area (Å²) in [5.74, 6) is -1.70. The zero-order valence-electron chi connectivity index (χ0n) is 19.4. The van der Waals surface area contributed by atoms with E-state index in [1.807, 2.05) is 0 Å². The second-order valence-corrected chi connectivity index (χ2v) is 8.61. The number of hydrogen-bond acceptors (Lipinski definition) is 7. The summed E-state index contributed by atoms with van der Waals surface area (Å²) >= 11 is 11.8. The highest BCUT2D eigenvalue weighted by Crippen LogP contribution is 2.26. The predicted molar refractivity (Wildman–Crippen MR) is 142 cm³/mol. The largest absolute Gasteiger partial charge is 0.508 e. The number of amides is 1. The molecule has 4 aromatic rings. The summed E-state index contributed by atoms with van der Waals surface area (Å²) < 4.78 is 11.0. The van der Waals surface area contributed by atoms with Gasteiger partial charge in [-0.15, -0.1) is 0 Å². The van der Waals surface area contributed by atoms with Crippen LogP contribution in [0.4, 0.5) is 0 Å². The Bertz CT molecular complexity index is 1500. The van der Waals surface area contributed by atoms with E-state index in [0.717, 1.165) is 0 Å². The molecule has 0 aliphatic carbocycles. The molecule has 0 aliphatic heterocycles. The Kier molecular flexibility index (Phi) is 8.37. The summed E-state index contributed by atoms with van der Waals surface area (Å²) in [7, 11) is 0. The quantitative estimate of drug-likeness (QED) is 0.128. The Morgan fingerprint density at radius 3 is 1.82 bits per heavy atom. The number of aromatic hydroxyl groups is 1. The van der Waals surface area contributed by atoms with E-state index >= 15 is 0 Å². The molecule has 0 fully saturated rings. The third-order valence-corrected chi connectivity index (χ3v) is 5.56. The number of halogens is 2. The molecule has 0 spiro atoms. The van der Waals surface area contributed by atoms with Crippen molar-refractivity contribution in [2.24, 2.45) is 5.10 Å². The number of benzene rings is 4. The molecule has 0 unspecified atom stereocenters. The molecule has 2 N–H and O–H groups in total. The highest BCUT2D eigenvalue weighted by atomic mass is 35.5. The van der Waals surface area contributed by atoms with Gasteiger partial charge in [0, 0.05) is 27.2 Å². The van der Waals surface area contributed by atoms with Crippen LogP contribution in [0, 0.1) is 0 Å². The third-order valence-electron chi connectivity index (χ3n) is 5.06. The van der Waals surface area contributed by atoms with E-state index in [1.165, 1.54) is 72.9 Å². The van der Waals surface area contributed by atoms with E-state index in [-0.39, 0.29) is 33.9 Å². The first kappa shape index (κ1) is 26.4. The molecule has 0 saturated heterocycles. The van der Waals surface area contributed by atoms with Crippen molar-refractivity contribution in [3.05, 3.63) is 123 Å². The monoisotopic (exact) mass is 548 g/mol. The standard InChI is InChI=1S/C28H18Cl2N2O6/c29-21-8-1-18(2-9-21)27(35)37-24-14-7-20(16-31-32-26(34)17-5-12-23(33)13-6-17)25(15-24)38-28(36)19-3-10-22(30)11-4-19/h1-16,33H,(H,32,34). The number of nitrogens with one attached hydrogen (secondary N) is 1. The topological polar surface area (TPSA) is 114 Å². The summed E-state index contributed by atoms with van der Waals surface area (Å²) in [6.07, 6.45) is 1.27. The molecule has 4 aromatic carbocycles. The number of phenolic OH excluding ortho intramolecular Hbond substituents is 1. The number of ether oxygens (including phenoxy) is 2. The molecule has 0 saturated carbocycles. The van der Waals surface area contributed by atoms with Crippen LogP contribution < -0.4 is 14.9 Å². The van der Waals surface area contributed by atoms with Gasteiger partial charge in [-0.25, -0.2) is 15.0 Å². The zero-order chi connectivity index (χ0) is 27.1. The molecule has 190 valence electrons. The van der Waals surface area contributed by atoms with E-state index in [1.54, 1.807) is 24.3 Å². The van der Waals surface area contributed by atoms with Crippen molar-refractivity contribution in [2.75, 3.05) is 0 Å². The minimum atomic E-state index is -0.689. The van der Waals surface area contributed by atoms with Gasteiger partial charge in [-0.2, -0.15) is 5.10 Å². The highest BCUT2D eigenvalue weighted by Gasteiger charge is 2.15. The van der Waals surface area contributed by atoms with Crippen molar-refractivity contribution in [1.29, 1.82) is 0 Å².